The minimum absolute atomic E-state index is 0.0428. The van der Waals surface area contributed by atoms with Crippen LogP contribution in [0.25, 0.3) is 0 Å². The van der Waals surface area contributed by atoms with Gasteiger partial charge < -0.3 is 19.7 Å². The van der Waals surface area contributed by atoms with Crippen LogP contribution in [0.3, 0.4) is 0 Å². The van der Waals surface area contributed by atoms with Gasteiger partial charge in [-0.3, -0.25) is 9.59 Å². The number of benzene rings is 2. The summed E-state index contributed by atoms with van der Waals surface area (Å²) in [6.45, 7) is 7.95. The maximum atomic E-state index is 13.1. The van der Waals surface area contributed by atoms with Crippen LogP contribution in [0.2, 0.25) is 0 Å². The lowest BCUT2D eigenvalue weighted by atomic mass is 10.1. The van der Waals surface area contributed by atoms with E-state index in [9.17, 15) is 9.59 Å². The smallest absolute Gasteiger partial charge is 0.261 e. The summed E-state index contributed by atoms with van der Waals surface area (Å²) in [5, 5.41) is 2.96. The molecular weight excluding hydrogens is 392 g/mol. The van der Waals surface area contributed by atoms with Crippen LogP contribution >= 0.6 is 0 Å². The first-order chi connectivity index (χ1) is 14.9. The lowest BCUT2D eigenvalue weighted by Gasteiger charge is -2.29. The highest BCUT2D eigenvalue weighted by atomic mass is 16.5. The van der Waals surface area contributed by atoms with Crippen molar-refractivity contribution in [3.63, 3.8) is 0 Å². The van der Waals surface area contributed by atoms with E-state index in [4.69, 9.17) is 9.47 Å². The Bertz CT molecular complexity index is 834. The zero-order valence-electron chi connectivity index (χ0n) is 19.2. The van der Waals surface area contributed by atoms with Gasteiger partial charge in [-0.05, 0) is 62.1 Å². The summed E-state index contributed by atoms with van der Waals surface area (Å²) in [6, 6.07) is 14.6. The lowest BCUT2D eigenvalue weighted by molar-refractivity contribution is -0.142. The van der Waals surface area contributed by atoms with Gasteiger partial charge >= 0.3 is 0 Å². The normalized spacial score (nSPS) is 12.5. The summed E-state index contributed by atoms with van der Waals surface area (Å²) >= 11 is 0. The van der Waals surface area contributed by atoms with Crippen LogP contribution in [-0.2, 0) is 22.6 Å². The van der Waals surface area contributed by atoms with E-state index >= 15 is 0 Å². The number of methoxy groups -OCH3 is 1. The monoisotopic (exact) mass is 426 g/mol. The predicted molar refractivity (Wildman–Crippen MR) is 122 cm³/mol. The Morgan fingerprint density at radius 2 is 1.52 bits per heavy atom. The Kier molecular flexibility index (Phi) is 9.38. The van der Waals surface area contributed by atoms with Crippen LogP contribution in [0.5, 0.6) is 11.5 Å². The van der Waals surface area contributed by atoms with Crippen LogP contribution in [0.15, 0.2) is 48.5 Å². The summed E-state index contributed by atoms with van der Waals surface area (Å²) in [7, 11) is 1.61. The van der Waals surface area contributed by atoms with Crippen molar-refractivity contribution in [3.8, 4) is 11.5 Å². The van der Waals surface area contributed by atoms with Gasteiger partial charge in [0.1, 0.15) is 17.5 Å². The van der Waals surface area contributed by atoms with E-state index < -0.39 is 6.04 Å². The second-order valence-corrected chi connectivity index (χ2v) is 7.65. The number of nitrogens with one attached hydrogen (secondary N) is 1. The molecule has 2 unspecified atom stereocenters. The predicted octanol–water partition coefficient (Wildman–Crippen LogP) is 3.97. The summed E-state index contributed by atoms with van der Waals surface area (Å²) in [5.41, 5.74) is 2.11. The number of carbonyl (C=O) groups excluding carboxylic acids is 2. The molecule has 6 nitrogen and oxygen atoms in total. The van der Waals surface area contributed by atoms with E-state index in [0.717, 1.165) is 24.2 Å². The van der Waals surface area contributed by atoms with E-state index in [0.29, 0.717) is 12.3 Å². The van der Waals surface area contributed by atoms with Crippen molar-refractivity contribution < 1.29 is 19.1 Å². The third-order valence-electron chi connectivity index (χ3n) is 5.37. The fourth-order valence-electron chi connectivity index (χ4n) is 3.03. The molecule has 0 heterocycles. The maximum Gasteiger partial charge on any atom is 0.261 e. The molecule has 0 fully saturated rings. The first kappa shape index (κ1) is 24.3. The molecule has 6 heteroatoms. The molecule has 2 amide bonds. The molecule has 2 aromatic rings. The van der Waals surface area contributed by atoms with E-state index in [2.05, 4.69) is 12.2 Å². The molecule has 0 aliphatic heterocycles. The first-order valence-corrected chi connectivity index (χ1v) is 10.8. The fourth-order valence-corrected chi connectivity index (χ4v) is 3.03. The first-order valence-electron chi connectivity index (χ1n) is 10.8. The van der Waals surface area contributed by atoms with Crippen molar-refractivity contribution in [2.45, 2.75) is 59.2 Å². The zero-order chi connectivity index (χ0) is 22.8. The standard InChI is InChI=1S/C25H34N2O4/c1-6-18(3)26-25(29)19(4)27(16-21-10-12-22(30-5)13-11-21)24(28)17-31-23-14-8-20(7-2)9-15-23/h8-15,18-19H,6-7,16-17H2,1-5H3,(H,26,29). The molecule has 0 aromatic heterocycles. The highest BCUT2D eigenvalue weighted by Crippen LogP contribution is 2.16. The summed E-state index contributed by atoms with van der Waals surface area (Å²) in [4.78, 5) is 27.3. The SMILES string of the molecule is CCc1ccc(OCC(=O)N(Cc2ccc(OC)cc2)C(C)C(=O)NC(C)CC)cc1. The molecule has 0 bridgehead atoms. The molecule has 0 spiro atoms. The minimum Gasteiger partial charge on any atom is -0.497 e. The van der Waals surface area contributed by atoms with Gasteiger partial charge in [0.25, 0.3) is 5.91 Å². The van der Waals surface area contributed by atoms with Crippen LogP contribution in [0, 0.1) is 0 Å². The summed E-state index contributed by atoms with van der Waals surface area (Å²) < 4.78 is 10.9. The third-order valence-corrected chi connectivity index (χ3v) is 5.37. The van der Waals surface area contributed by atoms with Gasteiger partial charge in [-0.25, -0.2) is 0 Å². The van der Waals surface area contributed by atoms with E-state index in [1.807, 2.05) is 62.4 Å². The number of ether oxygens (including phenoxy) is 2. The van der Waals surface area contributed by atoms with Gasteiger partial charge in [-0.15, -0.1) is 0 Å². The van der Waals surface area contributed by atoms with Gasteiger partial charge in [0.2, 0.25) is 5.91 Å². The third kappa shape index (κ3) is 7.31. The Balaban J connectivity index is 2.13. The van der Waals surface area contributed by atoms with Crippen LogP contribution < -0.4 is 14.8 Å². The zero-order valence-corrected chi connectivity index (χ0v) is 19.2. The largest absolute Gasteiger partial charge is 0.497 e. The van der Waals surface area contributed by atoms with Gasteiger partial charge in [-0.2, -0.15) is 0 Å². The molecule has 0 saturated heterocycles. The van der Waals surface area contributed by atoms with Gasteiger partial charge in [0, 0.05) is 12.6 Å². The van der Waals surface area contributed by atoms with E-state index in [1.54, 1.807) is 18.9 Å². The minimum atomic E-state index is -0.630. The number of hydrogen-bond donors (Lipinski definition) is 1. The molecule has 2 aromatic carbocycles. The van der Waals surface area contributed by atoms with Crippen LogP contribution in [0.4, 0.5) is 0 Å². The average Bonchev–Trinajstić information content (AvgIpc) is 2.81. The Labute approximate surface area is 185 Å². The number of amides is 2. The maximum absolute atomic E-state index is 13.1. The van der Waals surface area contributed by atoms with Crippen molar-refractivity contribution >= 4 is 11.8 Å². The molecule has 31 heavy (non-hydrogen) atoms. The summed E-state index contributed by atoms with van der Waals surface area (Å²) in [5.74, 6) is 0.945. The lowest BCUT2D eigenvalue weighted by Crippen LogP contribution is -2.50. The molecule has 2 atom stereocenters. The van der Waals surface area contributed by atoms with Crippen molar-refractivity contribution in [1.29, 1.82) is 0 Å². The van der Waals surface area contributed by atoms with E-state index in [-0.39, 0.29) is 24.5 Å². The van der Waals surface area contributed by atoms with Gasteiger partial charge in [0.15, 0.2) is 6.61 Å². The Morgan fingerprint density at radius 3 is 2.06 bits per heavy atom. The number of carbonyl (C=O) groups is 2. The fraction of sp³-hybridized carbons (Fsp3) is 0.440. The van der Waals surface area contributed by atoms with Crippen LogP contribution in [0.1, 0.15) is 45.2 Å². The highest BCUT2D eigenvalue weighted by molar-refractivity contribution is 5.88. The molecule has 2 rings (SSSR count). The molecule has 0 aliphatic rings. The second-order valence-electron chi connectivity index (χ2n) is 7.65. The quantitative estimate of drug-likeness (QED) is 0.590. The van der Waals surface area contributed by atoms with Gasteiger partial charge in [0.05, 0.1) is 7.11 Å². The van der Waals surface area contributed by atoms with Crippen molar-refractivity contribution in [3.05, 3.63) is 59.7 Å². The second kappa shape index (κ2) is 12.0. The highest BCUT2D eigenvalue weighted by Gasteiger charge is 2.27. The van der Waals surface area contributed by atoms with Gasteiger partial charge in [-0.1, -0.05) is 38.1 Å². The van der Waals surface area contributed by atoms with Crippen molar-refractivity contribution in [2.75, 3.05) is 13.7 Å². The number of nitrogens with zero attached hydrogens (tertiary/aromatic N) is 1. The topological polar surface area (TPSA) is 67.9 Å². The Hall–Kier alpha value is -3.02. The number of hydrogen-bond acceptors (Lipinski definition) is 4. The van der Waals surface area contributed by atoms with E-state index in [1.165, 1.54) is 5.56 Å². The molecule has 168 valence electrons. The molecule has 0 aliphatic carbocycles. The molecule has 0 saturated carbocycles. The molecule has 0 radical (unpaired) electrons. The molecular formula is C25H34N2O4. The Morgan fingerprint density at radius 1 is 0.935 bits per heavy atom. The average molecular weight is 427 g/mol. The number of rotatable bonds is 11. The van der Waals surface area contributed by atoms with Crippen molar-refractivity contribution in [1.82, 2.24) is 10.2 Å². The van der Waals surface area contributed by atoms with Crippen molar-refractivity contribution in [2.24, 2.45) is 0 Å². The number of aryl methyl sites for hydroxylation is 1. The summed E-state index contributed by atoms with van der Waals surface area (Å²) in [6.07, 6.45) is 1.76. The van der Waals surface area contributed by atoms with Crippen LogP contribution in [-0.4, -0.2) is 42.5 Å². The molecule has 1 N–H and O–H groups in total.